The van der Waals surface area contributed by atoms with Crippen molar-refractivity contribution in [1.29, 1.82) is 0 Å². The molecular formula is C2H3O2Tc. The molecule has 0 aliphatic heterocycles. The van der Waals surface area contributed by atoms with Gasteiger partial charge >= 0.3 is 39.7 Å². The number of hydrogen-bond acceptors (Lipinski definition) is 1. The topological polar surface area (TPSA) is 37.3 Å². The fraction of sp³-hybridized carbons (Fsp3) is 0.500. The van der Waals surface area contributed by atoms with Gasteiger partial charge in [-0.05, 0) is 0 Å². The molecule has 0 aromatic heterocycles. The van der Waals surface area contributed by atoms with E-state index in [0.717, 1.165) is 0 Å². The van der Waals surface area contributed by atoms with Gasteiger partial charge in [-0.3, -0.25) is 0 Å². The van der Waals surface area contributed by atoms with E-state index in [1.165, 1.54) is 0 Å². The second kappa shape index (κ2) is 2.36. The maximum absolute atomic E-state index is 9.36. The van der Waals surface area contributed by atoms with Crippen LogP contribution in [0.3, 0.4) is 0 Å². The first kappa shape index (κ1) is 5.12. The van der Waals surface area contributed by atoms with Gasteiger partial charge in [0.15, 0.2) is 0 Å². The Bertz CT molecular complexity index is 42.9. The average molecular weight is 157 g/mol. The second-order valence-electron chi connectivity index (χ2n) is 0.527. The average Bonchev–Trinajstić information content (AvgIpc) is 1.38. The normalized spacial score (nSPS) is 7.40. The predicted molar refractivity (Wildman–Crippen MR) is 12.4 cm³/mol. The Labute approximate surface area is 40.3 Å². The van der Waals surface area contributed by atoms with E-state index in [0.29, 0.717) is 0 Å². The predicted octanol–water partition coefficient (Wildman–Crippen LogP) is 0.0361. The molecule has 0 atom stereocenters. The van der Waals surface area contributed by atoms with Crippen LogP contribution < -0.4 is 0 Å². The third-order valence-corrected chi connectivity index (χ3v) is 0.676. The number of carboxylic acid groups (broad SMARTS) is 1. The van der Waals surface area contributed by atoms with E-state index in [1.807, 2.05) is 0 Å². The van der Waals surface area contributed by atoms with Crippen LogP contribution in [-0.4, -0.2) is 11.1 Å². The Balaban J connectivity index is 2.85. The molecule has 0 rings (SSSR count). The van der Waals surface area contributed by atoms with Crippen LogP contribution in [0.2, 0.25) is 4.93 Å². The van der Waals surface area contributed by atoms with Gasteiger partial charge in [-0.1, -0.05) is 0 Å². The minimum absolute atomic E-state index is 0.192. The number of carbonyl (C=O) groups is 1. The molecular weight excluding hydrogens is 154 g/mol. The molecule has 30 valence electrons. The molecule has 3 heteroatoms. The molecule has 2 nitrogen and oxygen atoms in total. The van der Waals surface area contributed by atoms with E-state index in [2.05, 4.69) is 0 Å². The molecule has 0 aromatic carbocycles. The molecule has 0 aliphatic carbocycles. The first-order valence-electron chi connectivity index (χ1n) is 1.05. The van der Waals surface area contributed by atoms with E-state index in [9.17, 15) is 4.79 Å². The van der Waals surface area contributed by atoms with Crippen LogP contribution in [0.15, 0.2) is 0 Å². The quantitative estimate of drug-likeness (QED) is 0.583. The van der Waals surface area contributed by atoms with E-state index in [1.54, 1.807) is 18.9 Å². The molecule has 0 saturated heterocycles. The summed E-state index contributed by atoms with van der Waals surface area (Å²) in [6.45, 7) is 0. The Morgan fingerprint density at radius 1 is 2.00 bits per heavy atom. The standard InChI is InChI=1S/C2H3O2.Tc/c1-2(3)4;/h1H2,(H,3,4);. The Kier molecular flexibility index (Phi) is 2.42. The van der Waals surface area contributed by atoms with Crippen molar-refractivity contribution in [2.75, 3.05) is 0 Å². The van der Waals surface area contributed by atoms with Crippen LogP contribution in [0.5, 0.6) is 0 Å². The fourth-order valence-corrected chi connectivity index (χ4v) is 0. The molecule has 0 unspecified atom stereocenters. The van der Waals surface area contributed by atoms with Crippen LogP contribution in [0.4, 0.5) is 0 Å². The molecule has 0 aliphatic rings. The summed E-state index contributed by atoms with van der Waals surface area (Å²) in [5.41, 5.74) is 0. The maximum atomic E-state index is 9.36. The zero-order valence-corrected chi connectivity index (χ0v) is 4.30. The van der Waals surface area contributed by atoms with Crippen molar-refractivity contribution in [3.05, 3.63) is 0 Å². The molecule has 0 heterocycles. The number of aliphatic carboxylic acids is 1. The van der Waals surface area contributed by atoms with E-state index in [4.69, 9.17) is 5.11 Å². The second-order valence-corrected chi connectivity index (χ2v) is 1.18. The molecule has 0 bridgehead atoms. The molecule has 0 saturated carbocycles. The van der Waals surface area contributed by atoms with Gasteiger partial charge in [0, 0.05) is 0 Å². The molecule has 0 amide bonds. The van der Waals surface area contributed by atoms with Crippen molar-refractivity contribution < 1.29 is 28.8 Å². The first-order chi connectivity index (χ1) is 2.27. The van der Waals surface area contributed by atoms with Gasteiger partial charge in [0.25, 0.3) is 0 Å². The van der Waals surface area contributed by atoms with Gasteiger partial charge < -0.3 is 0 Å². The zero-order chi connectivity index (χ0) is 4.28. The van der Waals surface area contributed by atoms with E-state index in [-0.39, 0.29) is 4.93 Å². The first-order valence-corrected chi connectivity index (χ1v) is 2.36. The van der Waals surface area contributed by atoms with Crippen molar-refractivity contribution in [3.63, 3.8) is 0 Å². The third-order valence-electron chi connectivity index (χ3n) is 0.114. The number of hydrogen-bond donors (Lipinski definition) is 1. The summed E-state index contributed by atoms with van der Waals surface area (Å²) < 4.78 is 0. The Hall–Kier alpha value is 0.119. The van der Waals surface area contributed by atoms with Crippen LogP contribution in [0, 0.1) is 0 Å². The van der Waals surface area contributed by atoms with Crippen LogP contribution >= 0.6 is 0 Å². The molecule has 1 N–H and O–H groups in total. The van der Waals surface area contributed by atoms with Gasteiger partial charge in [-0.15, -0.1) is 0 Å². The fourth-order valence-electron chi connectivity index (χ4n) is 0. The minimum atomic E-state index is -0.759. The molecule has 0 radical (unpaired) electrons. The summed E-state index contributed by atoms with van der Waals surface area (Å²) in [6, 6.07) is 0. The Morgan fingerprint density at radius 3 is 2.20 bits per heavy atom. The molecule has 0 fully saturated rings. The SMILES string of the molecule is O=C(O)[CH2][Tc]. The van der Waals surface area contributed by atoms with Crippen LogP contribution in [0.1, 0.15) is 0 Å². The molecule has 5 heavy (non-hydrogen) atoms. The molecule has 0 aromatic rings. The van der Waals surface area contributed by atoms with Gasteiger partial charge in [0.2, 0.25) is 0 Å². The van der Waals surface area contributed by atoms with Gasteiger partial charge in [-0.2, -0.15) is 0 Å². The van der Waals surface area contributed by atoms with E-state index >= 15 is 0 Å². The van der Waals surface area contributed by atoms with Crippen molar-refractivity contribution in [2.45, 2.75) is 4.93 Å². The van der Waals surface area contributed by atoms with Gasteiger partial charge in [0.1, 0.15) is 0 Å². The van der Waals surface area contributed by atoms with E-state index < -0.39 is 5.97 Å². The summed E-state index contributed by atoms with van der Waals surface area (Å²) >= 11 is 1.78. The van der Waals surface area contributed by atoms with Crippen LogP contribution in [0.25, 0.3) is 0 Å². The Morgan fingerprint density at radius 2 is 2.20 bits per heavy atom. The number of rotatable bonds is 1. The summed E-state index contributed by atoms with van der Waals surface area (Å²) in [5, 5.41) is 7.71. The number of carboxylic acids is 1. The summed E-state index contributed by atoms with van der Waals surface area (Å²) in [5.74, 6) is -0.759. The van der Waals surface area contributed by atoms with Crippen molar-refractivity contribution in [3.8, 4) is 0 Å². The van der Waals surface area contributed by atoms with Crippen LogP contribution in [-0.2, 0) is 23.7 Å². The monoisotopic (exact) mass is 156 g/mol. The third kappa shape index (κ3) is 4.12. The summed E-state index contributed by atoms with van der Waals surface area (Å²) in [7, 11) is 0. The summed E-state index contributed by atoms with van der Waals surface area (Å²) in [4.78, 5) is 9.55. The van der Waals surface area contributed by atoms with Crippen molar-refractivity contribution in [2.24, 2.45) is 0 Å². The summed E-state index contributed by atoms with van der Waals surface area (Å²) in [6.07, 6.45) is 0. The zero-order valence-electron chi connectivity index (χ0n) is 2.44. The van der Waals surface area contributed by atoms with Crippen molar-refractivity contribution in [1.82, 2.24) is 0 Å². The van der Waals surface area contributed by atoms with Gasteiger partial charge in [0.05, 0.1) is 0 Å². The molecule has 0 spiro atoms. The van der Waals surface area contributed by atoms with Crippen molar-refractivity contribution >= 4 is 5.97 Å². The van der Waals surface area contributed by atoms with Gasteiger partial charge in [-0.25, -0.2) is 0 Å².